The summed E-state index contributed by atoms with van der Waals surface area (Å²) in [5.74, 6) is -0.382. The van der Waals surface area contributed by atoms with Gasteiger partial charge in [-0.15, -0.1) is 11.3 Å². The van der Waals surface area contributed by atoms with Crippen LogP contribution in [0.1, 0.15) is 48.6 Å². The summed E-state index contributed by atoms with van der Waals surface area (Å²) in [6.07, 6.45) is 1.12. The Bertz CT molecular complexity index is 1300. The Labute approximate surface area is 183 Å². The Morgan fingerprint density at radius 1 is 1.06 bits per heavy atom. The summed E-state index contributed by atoms with van der Waals surface area (Å²) >= 11 is 1.53. The molecule has 1 aliphatic heterocycles. The predicted molar refractivity (Wildman–Crippen MR) is 122 cm³/mol. The summed E-state index contributed by atoms with van der Waals surface area (Å²) in [6.45, 7) is 4.43. The first-order valence-corrected chi connectivity index (χ1v) is 11.3. The molecule has 0 saturated heterocycles. The average molecular weight is 434 g/mol. The van der Waals surface area contributed by atoms with Crippen molar-refractivity contribution in [3.05, 3.63) is 84.7 Å². The molecule has 2 unspecified atom stereocenters. The molecule has 1 N–H and O–H groups in total. The number of hydrogen-bond donors (Lipinski definition) is 1. The van der Waals surface area contributed by atoms with Crippen LogP contribution < -0.4 is 11.2 Å². The Morgan fingerprint density at radius 2 is 1.84 bits per heavy atom. The molecule has 0 bridgehead atoms. The van der Waals surface area contributed by atoms with Gasteiger partial charge in [-0.1, -0.05) is 50.2 Å². The van der Waals surface area contributed by atoms with Crippen molar-refractivity contribution in [1.82, 2.24) is 9.55 Å². The molecule has 158 valence electrons. The zero-order valence-electron chi connectivity index (χ0n) is 17.4. The van der Waals surface area contributed by atoms with Gasteiger partial charge in [0.15, 0.2) is 0 Å². The lowest BCUT2D eigenvalue weighted by Crippen LogP contribution is -2.45. The first-order valence-electron chi connectivity index (χ1n) is 10.4. The molecule has 6 nitrogen and oxygen atoms in total. The fourth-order valence-electron chi connectivity index (χ4n) is 4.88. The van der Waals surface area contributed by atoms with Crippen molar-refractivity contribution in [2.24, 2.45) is 16.3 Å². The number of nitrogens with one attached hydrogen (secondary N) is 1. The molecule has 2 aliphatic rings. The number of fused-ring (bicyclic) bond motifs is 2. The van der Waals surface area contributed by atoms with Gasteiger partial charge in [0, 0.05) is 22.9 Å². The molecular weight excluding hydrogens is 410 g/mol. The van der Waals surface area contributed by atoms with Crippen LogP contribution in [-0.2, 0) is 11.3 Å². The van der Waals surface area contributed by atoms with Gasteiger partial charge in [0.05, 0.1) is 18.0 Å². The zero-order valence-corrected chi connectivity index (χ0v) is 18.2. The van der Waals surface area contributed by atoms with Crippen LogP contribution in [0.4, 0.5) is 5.82 Å². The van der Waals surface area contributed by atoms with E-state index in [1.54, 1.807) is 0 Å². The average Bonchev–Trinajstić information content (AvgIpc) is 3.24. The highest BCUT2D eigenvalue weighted by Crippen LogP contribution is 2.48. The normalized spacial score (nSPS) is 21.9. The van der Waals surface area contributed by atoms with Crippen LogP contribution in [0.3, 0.4) is 0 Å². The molecule has 0 amide bonds. The van der Waals surface area contributed by atoms with Crippen LogP contribution in [0.2, 0.25) is 0 Å². The number of H-pyrrole nitrogens is 1. The minimum Gasteiger partial charge on any atom is -0.299 e. The molecule has 7 heteroatoms. The number of ketones is 1. The second-order valence-electron chi connectivity index (χ2n) is 9.13. The van der Waals surface area contributed by atoms with Crippen LogP contribution in [0.25, 0.3) is 0 Å². The third-order valence-corrected chi connectivity index (χ3v) is 7.11. The molecule has 3 aromatic rings. The van der Waals surface area contributed by atoms with Crippen molar-refractivity contribution < 1.29 is 4.79 Å². The quantitative estimate of drug-likeness (QED) is 0.681. The van der Waals surface area contributed by atoms with Crippen molar-refractivity contribution in [3.8, 4) is 0 Å². The summed E-state index contributed by atoms with van der Waals surface area (Å²) in [5, 5.41) is 1.95. The van der Waals surface area contributed by atoms with Crippen molar-refractivity contribution in [2.75, 3.05) is 0 Å². The van der Waals surface area contributed by atoms with E-state index in [9.17, 15) is 14.4 Å². The number of rotatable bonds is 3. The second-order valence-corrected chi connectivity index (χ2v) is 10.1. The summed E-state index contributed by atoms with van der Waals surface area (Å²) in [6, 6.07) is 13.5. The van der Waals surface area contributed by atoms with Gasteiger partial charge >= 0.3 is 5.69 Å². The maximum Gasteiger partial charge on any atom is 0.330 e. The van der Waals surface area contributed by atoms with E-state index in [2.05, 4.69) is 18.8 Å². The van der Waals surface area contributed by atoms with Gasteiger partial charge in [0.1, 0.15) is 11.6 Å². The predicted octanol–water partition coefficient (Wildman–Crippen LogP) is 3.87. The highest BCUT2D eigenvalue weighted by Gasteiger charge is 2.47. The highest BCUT2D eigenvalue weighted by molar-refractivity contribution is 7.10. The van der Waals surface area contributed by atoms with Gasteiger partial charge in [-0.3, -0.25) is 19.1 Å². The molecule has 2 aromatic heterocycles. The maximum atomic E-state index is 13.3. The molecule has 1 aromatic carbocycles. The molecule has 1 saturated carbocycles. The van der Waals surface area contributed by atoms with Crippen LogP contribution in [0.15, 0.2) is 62.4 Å². The second kappa shape index (κ2) is 7.27. The number of carbonyl (C=O) groups is 1. The number of nitrogens with zero attached hydrogens (tertiary/aromatic N) is 2. The summed E-state index contributed by atoms with van der Waals surface area (Å²) in [7, 11) is 0. The van der Waals surface area contributed by atoms with Crippen molar-refractivity contribution in [2.45, 2.75) is 39.2 Å². The Morgan fingerprint density at radius 3 is 2.55 bits per heavy atom. The zero-order chi connectivity index (χ0) is 21.8. The van der Waals surface area contributed by atoms with Crippen LogP contribution in [-0.4, -0.2) is 21.0 Å². The van der Waals surface area contributed by atoms with E-state index in [4.69, 9.17) is 4.99 Å². The van der Waals surface area contributed by atoms with Crippen molar-refractivity contribution in [1.29, 1.82) is 0 Å². The van der Waals surface area contributed by atoms with E-state index in [1.165, 1.54) is 15.9 Å². The van der Waals surface area contributed by atoms with Gasteiger partial charge in [-0.25, -0.2) is 9.79 Å². The SMILES string of the molecule is CC1(C)CC(=O)C2C(=Nc3c(c(=O)[nH]c(=O)n3Cc3ccccc3)C2c2cccs2)C1. The van der Waals surface area contributed by atoms with E-state index >= 15 is 0 Å². The van der Waals surface area contributed by atoms with E-state index in [1.807, 2.05) is 47.8 Å². The van der Waals surface area contributed by atoms with Gasteiger partial charge in [0.25, 0.3) is 5.56 Å². The van der Waals surface area contributed by atoms with Gasteiger partial charge in [0.2, 0.25) is 0 Å². The third-order valence-electron chi connectivity index (χ3n) is 6.15. The molecule has 0 spiro atoms. The molecule has 1 aliphatic carbocycles. The standard InChI is InChI=1S/C24H23N3O3S/c1-24(2)11-15-18(16(28)12-24)19(17-9-6-10-31-17)20-21(25-15)27(23(30)26-22(20)29)13-14-7-4-3-5-8-14/h3-10,18-19H,11-13H2,1-2H3,(H,26,29,30). The van der Waals surface area contributed by atoms with E-state index in [0.717, 1.165) is 16.2 Å². The van der Waals surface area contributed by atoms with Crippen LogP contribution in [0.5, 0.6) is 0 Å². The Hall–Kier alpha value is -3.06. The van der Waals surface area contributed by atoms with Crippen molar-refractivity contribution >= 4 is 28.6 Å². The maximum absolute atomic E-state index is 13.3. The number of benzene rings is 1. The number of aromatic nitrogens is 2. The first kappa shape index (κ1) is 19.9. The van der Waals surface area contributed by atoms with Gasteiger partial charge in [-0.05, 0) is 28.8 Å². The fourth-order valence-corrected chi connectivity index (χ4v) is 5.76. The summed E-state index contributed by atoms with van der Waals surface area (Å²) < 4.78 is 1.53. The highest BCUT2D eigenvalue weighted by atomic mass is 32.1. The number of Topliss-reactive ketones (excluding diaryl/α,β-unsaturated/α-hetero) is 1. The summed E-state index contributed by atoms with van der Waals surface area (Å²) in [5.41, 5.74) is 0.993. The number of aromatic amines is 1. The molecule has 5 rings (SSSR count). The minimum absolute atomic E-state index is 0.110. The largest absolute Gasteiger partial charge is 0.330 e. The van der Waals surface area contributed by atoms with Crippen molar-refractivity contribution in [3.63, 3.8) is 0 Å². The monoisotopic (exact) mass is 433 g/mol. The topological polar surface area (TPSA) is 84.3 Å². The smallest absolute Gasteiger partial charge is 0.299 e. The lowest BCUT2D eigenvalue weighted by molar-refractivity contribution is -0.124. The summed E-state index contributed by atoms with van der Waals surface area (Å²) in [4.78, 5) is 47.4. The van der Waals surface area contributed by atoms with Gasteiger partial charge in [-0.2, -0.15) is 0 Å². The number of thiophene rings is 1. The molecule has 0 radical (unpaired) electrons. The lowest BCUT2D eigenvalue weighted by atomic mass is 9.65. The molecule has 31 heavy (non-hydrogen) atoms. The molecule has 3 heterocycles. The third kappa shape index (κ3) is 3.43. The van der Waals surface area contributed by atoms with Crippen LogP contribution >= 0.6 is 11.3 Å². The van der Waals surface area contributed by atoms with E-state index in [0.29, 0.717) is 30.8 Å². The molecule has 2 atom stereocenters. The molecule has 1 fully saturated rings. The van der Waals surface area contributed by atoms with Gasteiger partial charge < -0.3 is 0 Å². The number of hydrogen-bond acceptors (Lipinski definition) is 5. The Kier molecular flexibility index (Phi) is 4.66. The Balaban J connectivity index is 1.77. The van der Waals surface area contributed by atoms with E-state index < -0.39 is 23.1 Å². The number of carbonyl (C=O) groups excluding carboxylic acids is 1. The number of aliphatic imine (C=N–C) groups is 1. The minimum atomic E-state index is -0.485. The first-order chi connectivity index (χ1) is 14.8. The van der Waals surface area contributed by atoms with Crippen LogP contribution in [0, 0.1) is 11.3 Å². The van der Waals surface area contributed by atoms with E-state index in [-0.39, 0.29) is 11.2 Å². The fraction of sp³-hybridized carbons (Fsp3) is 0.333. The molecular formula is C24H23N3O3S. The lowest BCUT2D eigenvalue weighted by Gasteiger charge is -2.40.